The molecule has 1 heterocycles. The van der Waals surface area contributed by atoms with Gasteiger partial charge < -0.3 is 0 Å². The highest BCUT2D eigenvalue weighted by molar-refractivity contribution is 7.91. The van der Waals surface area contributed by atoms with Crippen LogP contribution in [0.25, 0.3) is 0 Å². The van der Waals surface area contributed by atoms with Crippen LogP contribution in [-0.2, 0) is 10.0 Å². The minimum absolute atomic E-state index is 0.196. The molecule has 0 aliphatic heterocycles. The normalized spacial score (nSPS) is 13.5. The first-order chi connectivity index (χ1) is 9.88. The zero-order valence-electron chi connectivity index (χ0n) is 12.5. The van der Waals surface area contributed by atoms with Crippen molar-refractivity contribution in [1.29, 1.82) is 0 Å². The first-order valence-electron chi connectivity index (χ1n) is 7.02. The monoisotopic (exact) mass is 323 g/mol. The van der Waals surface area contributed by atoms with Crippen LogP contribution in [0.4, 0.5) is 0 Å². The zero-order chi connectivity index (χ0) is 15.5. The molecule has 1 N–H and O–H groups in total. The maximum Gasteiger partial charge on any atom is 0.250 e. The average Bonchev–Trinajstić information content (AvgIpc) is 2.86. The summed E-state index contributed by atoms with van der Waals surface area (Å²) < 4.78 is 28.3. The van der Waals surface area contributed by atoms with E-state index in [1.165, 1.54) is 11.3 Å². The Bertz CT molecular complexity index is 675. The van der Waals surface area contributed by atoms with Crippen LogP contribution in [0.3, 0.4) is 0 Å². The number of sulfonamides is 1. The Hall–Kier alpha value is -1.17. The maximum atomic E-state index is 12.5. The lowest BCUT2D eigenvalue weighted by molar-refractivity contribution is 0.472. The first kappa shape index (κ1) is 16.2. The molecule has 0 saturated carbocycles. The molecule has 0 spiro atoms. The summed E-state index contributed by atoms with van der Waals surface area (Å²) in [6.07, 6.45) is 0.771. The van der Waals surface area contributed by atoms with Crippen LogP contribution in [0.2, 0.25) is 0 Å². The highest BCUT2D eigenvalue weighted by Gasteiger charge is 2.23. The van der Waals surface area contributed by atoms with Gasteiger partial charge in [-0.1, -0.05) is 44.2 Å². The standard InChI is InChI=1S/C16H21NO2S2/c1-12(2)11-15(14-7-5-4-6-8-14)17-21(18,19)16-10-9-13(3)20-16/h4-10,12,15,17H,11H2,1-3H3. The van der Waals surface area contributed by atoms with Crippen LogP contribution >= 0.6 is 11.3 Å². The Labute approximate surface area is 131 Å². The Kier molecular flexibility index (Phi) is 5.19. The summed E-state index contributed by atoms with van der Waals surface area (Å²) in [5.41, 5.74) is 1.00. The van der Waals surface area contributed by atoms with Crippen LogP contribution < -0.4 is 4.72 Å². The van der Waals surface area contributed by atoms with Crippen LogP contribution in [-0.4, -0.2) is 8.42 Å². The predicted molar refractivity (Wildman–Crippen MR) is 88.0 cm³/mol. The Morgan fingerprint density at radius 1 is 1.10 bits per heavy atom. The van der Waals surface area contributed by atoms with Gasteiger partial charge in [-0.3, -0.25) is 0 Å². The maximum absolute atomic E-state index is 12.5. The molecule has 0 bridgehead atoms. The molecular formula is C16H21NO2S2. The Morgan fingerprint density at radius 2 is 1.76 bits per heavy atom. The van der Waals surface area contributed by atoms with Crippen molar-refractivity contribution in [3.63, 3.8) is 0 Å². The van der Waals surface area contributed by atoms with E-state index in [1.54, 1.807) is 6.07 Å². The largest absolute Gasteiger partial charge is 0.250 e. The quantitative estimate of drug-likeness (QED) is 0.869. The van der Waals surface area contributed by atoms with Crippen molar-refractivity contribution >= 4 is 21.4 Å². The molecule has 0 fully saturated rings. The van der Waals surface area contributed by atoms with Crippen molar-refractivity contribution in [2.24, 2.45) is 5.92 Å². The van der Waals surface area contributed by atoms with Gasteiger partial charge >= 0.3 is 0 Å². The average molecular weight is 323 g/mol. The Balaban J connectivity index is 2.27. The van der Waals surface area contributed by atoms with Gasteiger partial charge in [0.25, 0.3) is 10.0 Å². The van der Waals surface area contributed by atoms with Crippen molar-refractivity contribution in [1.82, 2.24) is 4.72 Å². The van der Waals surface area contributed by atoms with Crippen molar-refractivity contribution in [2.45, 2.75) is 37.4 Å². The lowest BCUT2D eigenvalue weighted by Gasteiger charge is -2.20. The summed E-state index contributed by atoms with van der Waals surface area (Å²) in [5, 5.41) is 0. The van der Waals surface area contributed by atoms with Gasteiger partial charge in [-0.2, -0.15) is 0 Å². The molecule has 1 aromatic heterocycles. The summed E-state index contributed by atoms with van der Waals surface area (Å²) in [7, 11) is -3.46. The third kappa shape index (κ3) is 4.40. The fraction of sp³-hybridized carbons (Fsp3) is 0.375. The molecule has 1 unspecified atom stereocenters. The lowest BCUT2D eigenvalue weighted by atomic mass is 9.98. The summed E-state index contributed by atoms with van der Waals surface area (Å²) in [6, 6.07) is 13.0. The van der Waals surface area contributed by atoms with Gasteiger partial charge in [0.2, 0.25) is 0 Å². The minimum Gasteiger partial charge on any atom is -0.206 e. The molecule has 0 amide bonds. The van der Waals surface area contributed by atoms with Crippen molar-refractivity contribution < 1.29 is 8.42 Å². The second kappa shape index (κ2) is 6.73. The van der Waals surface area contributed by atoms with Crippen molar-refractivity contribution in [3.8, 4) is 0 Å². The van der Waals surface area contributed by atoms with Crippen LogP contribution in [0.15, 0.2) is 46.7 Å². The molecule has 21 heavy (non-hydrogen) atoms. The molecule has 114 valence electrons. The molecule has 3 nitrogen and oxygen atoms in total. The molecule has 0 aliphatic carbocycles. The number of hydrogen-bond donors (Lipinski definition) is 1. The van der Waals surface area contributed by atoms with E-state index < -0.39 is 10.0 Å². The Morgan fingerprint density at radius 3 is 2.29 bits per heavy atom. The molecule has 0 radical (unpaired) electrons. The van der Waals surface area contributed by atoms with Gasteiger partial charge in [0.05, 0.1) is 0 Å². The summed E-state index contributed by atoms with van der Waals surface area (Å²) >= 11 is 1.30. The van der Waals surface area contributed by atoms with E-state index in [2.05, 4.69) is 18.6 Å². The molecule has 2 rings (SSSR count). The van der Waals surface area contributed by atoms with E-state index in [9.17, 15) is 8.42 Å². The fourth-order valence-electron chi connectivity index (χ4n) is 2.21. The molecule has 2 aromatic rings. The second-order valence-electron chi connectivity index (χ2n) is 5.58. The van der Waals surface area contributed by atoms with Crippen LogP contribution in [0.1, 0.15) is 36.8 Å². The molecule has 5 heteroatoms. The van der Waals surface area contributed by atoms with Crippen LogP contribution in [0, 0.1) is 12.8 Å². The van der Waals surface area contributed by atoms with E-state index in [0.717, 1.165) is 16.9 Å². The molecule has 0 aliphatic rings. The molecular weight excluding hydrogens is 302 g/mol. The van der Waals surface area contributed by atoms with Crippen LogP contribution in [0.5, 0.6) is 0 Å². The van der Waals surface area contributed by atoms with Gasteiger partial charge in [0, 0.05) is 10.9 Å². The number of aryl methyl sites for hydroxylation is 1. The topological polar surface area (TPSA) is 46.2 Å². The summed E-state index contributed by atoms with van der Waals surface area (Å²) in [6.45, 7) is 6.10. The highest BCUT2D eigenvalue weighted by atomic mass is 32.2. The number of benzene rings is 1. The second-order valence-corrected chi connectivity index (χ2v) is 8.81. The third-order valence-electron chi connectivity index (χ3n) is 3.19. The predicted octanol–water partition coefficient (Wildman–Crippen LogP) is 4.12. The van der Waals surface area contributed by atoms with E-state index in [0.29, 0.717) is 10.1 Å². The minimum atomic E-state index is -3.46. The van der Waals surface area contributed by atoms with E-state index in [1.807, 2.05) is 43.3 Å². The first-order valence-corrected chi connectivity index (χ1v) is 9.32. The number of nitrogens with one attached hydrogen (secondary N) is 1. The number of rotatable bonds is 6. The van der Waals surface area contributed by atoms with Gasteiger partial charge in [0.15, 0.2) is 0 Å². The van der Waals surface area contributed by atoms with E-state index >= 15 is 0 Å². The molecule has 0 saturated heterocycles. The SMILES string of the molecule is Cc1ccc(S(=O)(=O)NC(CC(C)C)c2ccccc2)s1. The summed E-state index contributed by atoms with van der Waals surface area (Å²) in [4.78, 5) is 0.996. The number of hydrogen-bond acceptors (Lipinski definition) is 3. The summed E-state index contributed by atoms with van der Waals surface area (Å²) in [5.74, 6) is 0.406. The van der Waals surface area contributed by atoms with E-state index in [-0.39, 0.29) is 6.04 Å². The fourth-order valence-corrected chi connectivity index (χ4v) is 4.75. The third-order valence-corrected chi connectivity index (χ3v) is 6.15. The van der Waals surface area contributed by atoms with Crippen molar-refractivity contribution in [2.75, 3.05) is 0 Å². The van der Waals surface area contributed by atoms with Gasteiger partial charge in [0.1, 0.15) is 4.21 Å². The van der Waals surface area contributed by atoms with Gasteiger partial charge in [-0.25, -0.2) is 13.1 Å². The number of thiophene rings is 1. The van der Waals surface area contributed by atoms with Gasteiger partial charge in [-0.15, -0.1) is 11.3 Å². The van der Waals surface area contributed by atoms with E-state index in [4.69, 9.17) is 0 Å². The molecule has 1 atom stereocenters. The lowest BCUT2D eigenvalue weighted by Crippen LogP contribution is -2.29. The zero-order valence-corrected chi connectivity index (χ0v) is 14.2. The highest BCUT2D eigenvalue weighted by Crippen LogP contribution is 2.26. The molecule has 1 aromatic carbocycles. The van der Waals surface area contributed by atoms with Crippen molar-refractivity contribution in [3.05, 3.63) is 52.9 Å². The van der Waals surface area contributed by atoms with Gasteiger partial charge in [-0.05, 0) is 37.0 Å². The smallest absolute Gasteiger partial charge is 0.206 e.